The first-order valence-electron chi connectivity index (χ1n) is 10.8. The Morgan fingerprint density at radius 3 is 2.67 bits per heavy atom. The summed E-state index contributed by atoms with van der Waals surface area (Å²) in [5.74, 6) is 1.01. The second-order valence-electron chi connectivity index (χ2n) is 8.57. The highest BCUT2D eigenvalue weighted by Gasteiger charge is 2.47. The summed E-state index contributed by atoms with van der Waals surface area (Å²) in [6.45, 7) is 2.23. The number of fused-ring (bicyclic) bond motifs is 1. The van der Waals surface area contributed by atoms with Gasteiger partial charge in [0, 0.05) is 34.5 Å². The van der Waals surface area contributed by atoms with Gasteiger partial charge in [0.2, 0.25) is 0 Å². The van der Waals surface area contributed by atoms with E-state index in [1.54, 1.807) is 6.07 Å². The summed E-state index contributed by atoms with van der Waals surface area (Å²) in [7, 11) is 0. The third-order valence-corrected chi connectivity index (χ3v) is 7.10. The Balaban J connectivity index is 1.73. The third-order valence-electron chi connectivity index (χ3n) is 6.60. The first-order valence-corrected chi connectivity index (χ1v) is 11.6. The van der Waals surface area contributed by atoms with Crippen molar-refractivity contribution in [3.63, 3.8) is 0 Å². The molecule has 0 saturated heterocycles. The minimum Gasteiger partial charge on any atom is -0.485 e. The van der Waals surface area contributed by atoms with Crippen LogP contribution in [0.5, 0.6) is 5.75 Å². The normalized spacial score (nSPS) is 19.1. The third kappa shape index (κ3) is 3.40. The van der Waals surface area contributed by atoms with E-state index in [9.17, 15) is 0 Å². The number of ether oxygens (including phenoxy) is 1. The van der Waals surface area contributed by atoms with Crippen molar-refractivity contribution in [1.82, 2.24) is 4.98 Å². The number of hydrogen-bond donors (Lipinski definition) is 0. The van der Waals surface area contributed by atoms with Crippen molar-refractivity contribution in [2.45, 2.75) is 57.0 Å². The van der Waals surface area contributed by atoms with Gasteiger partial charge in [-0.05, 0) is 67.0 Å². The lowest BCUT2D eigenvalue weighted by atomic mass is 9.68. The molecule has 0 amide bonds. The molecule has 2 nitrogen and oxygen atoms in total. The Morgan fingerprint density at radius 1 is 1.10 bits per heavy atom. The number of pyridine rings is 1. The molecule has 1 unspecified atom stereocenters. The maximum absolute atomic E-state index is 6.63. The molecule has 1 aromatic heterocycles. The number of benzene rings is 2. The van der Waals surface area contributed by atoms with E-state index in [2.05, 4.69) is 36.2 Å². The highest BCUT2D eigenvalue weighted by Crippen LogP contribution is 2.55. The highest BCUT2D eigenvalue weighted by molar-refractivity contribution is 6.35. The Kier molecular flexibility index (Phi) is 5.24. The van der Waals surface area contributed by atoms with E-state index in [0.29, 0.717) is 10.0 Å². The minimum absolute atomic E-state index is 0.109. The van der Waals surface area contributed by atoms with Crippen molar-refractivity contribution >= 4 is 23.2 Å². The molecule has 0 radical (unpaired) electrons. The Hall–Kier alpha value is -2.03. The van der Waals surface area contributed by atoms with E-state index < -0.39 is 0 Å². The van der Waals surface area contributed by atoms with Gasteiger partial charge in [0.15, 0.2) is 0 Å². The molecule has 1 saturated carbocycles. The van der Waals surface area contributed by atoms with Crippen LogP contribution in [0.4, 0.5) is 0 Å². The van der Waals surface area contributed by atoms with Crippen molar-refractivity contribution in [3.05, 3.63) is 81.6 Å². The average molecular weight is 438 g/mol. The lowest BCUT2D eigenvalue weighted by Gasteiger charge is -2.48. The lowest BCUT2D eigenvalue weighted by Crippen LogP contribution is -2.47. The summed E-state index contributed by atoms with van der Waals surface area (Å²) in [4.78, 5) is 4.41. The number of aryl methyl sites for hydroxylation is 1. The second kappa shape index (κ2) is 7.90. The molecule has 2 aliphatic rings. The summed E-state index contributed by atoms with van der Waals surface area (Å²) in [5, 5.41) is 1.27. The predicted molar refractivity (Wildman–Crippen MR) is 124 cm³/mol. The summed E-state index contributed by atoms with van der Waals surface area (Å²) in [6.07, 6.45) is 10.3. The molecule has 0 bridgehead atoms. The topological polar surface area (TPSA) is 22.1 Å². The van der Waals surface area contributed by atoms with Crippen LogP contribution in [0, 0.1) is 0 Å². The van der Waals surface area contributed by atoms with E-state index in [4.69, 9.17) is 27.9 Å². The predicted octanol–water partition coefficient (Wildman–Crippen LogP) is 7.85. The highest BCUT2D eigenvalue weighted by atomic mass is 35.5. The first-order chi connectivity index (χ1) is 14.6. The van der Waals surface area contributed by atoms with Gasteiger partial charge in [-0.3, -0.25) is 4.98 Å². The van der Waals surface area contributed by atoms with E-state index in [0.717, 1.165) is 43.4 Å². The van der Waals surface area contributed by atoms with Gasteiger partial charge in [-0.25, -0.2) is 0 Å². The summed E-state index contributed by atoms with van der Waals surface area (Å²) in [6, 6.07) is 14.7. The molecule has 5 rings (SSSR count). The SMILES string of the molecule is CCCc1cccc(C2CC3(CCC3)Oc3c(Cl)cc(Cl)cc32)c1-c1cccnc1. The summed E-state index contributed by atoms with van der Waals surface area (Å²) < 4.78 is 6.51. The van der Waals surface area contributed by atoms with Crippen molar-refractivity contribution in [2.75, 3.05) is 0 Å². The standard InChI is InChI=1S/C26H25Cl2NO/c1-2-6-17-7-3-9-20(24(17)18-8-4-12-29-16-18)22-15-26(10-5-11-26)30-25-21(22)13-19(27)14-23(25)28/h3-4,7-9,12-14,16,22H,2,5-6,10-11,15H2,1H3. The Bertz CT molecular complexity index is 1080. The van der Waals surface area contributed by atoms with Gasteiger partial charge in [-0.1, -0.05) is 60.8 Å². The van der Waals surface area contributed by atoms with Crippen LogP contribution in [-0.4, -0.2) is 10.6 Å². The molecule has 154 valence electrons. The number of nitrogens with zero attached hydrogens (tertiary/aromatic N) is 1. The van der Waals surface area contributed by atoms with E-state index in [-0.39, 0.29) is 11.5 Å². The quantitative estimate of drug-likeness (QED) is 0.414. The fourth-order valence-corrected chi connectivity index (χ4v) is 5.64. The van der Waals surface area contributed by atoms with Gasteiger partial charge in [0.1, 0.15) is 11.4 Å². The van der Waals surface area contributed by atoms with Gasteiger partial charge >= 0.3 is 0 Å². The zero-order valence-corrected chi connectivity index (χ0v) is 18.6. The summed E-state index contributed by atoms with van der Waals surface area (Å²) >= 11 is 13.1. The smallest absolute Gasteiger partial charge is 0.142 e. The van der Waals surface area contributed by atoms with Gasteiger partial charge in [-0.2, -0.15) is 0 Å². The maximum atomic E-state index is 6.63. The van der Waals surface area contributed by atoms with Crippen LogP contribution < -0.4 is 4.74 Å². The lowest BCUT2D eigenvalue weighted by molar-refractivity contribution is -0.0297. The van der Waals surface area contributed by atoms with E-state index >= 15 is 0 Å². The van der Waals surface area contributed by atoms with Crippen molar-refractivity contribution in [3.8, 4) is 16.9 Å². The zero-order chi connectivity index (χ0) is 20.7. The molecule has 3 aromatic rings. The largest absolute Gasteiger partial charge is 0.485 e. The molecule has 30 heavy (non-hydrogen) atoms. The summed E-state index contributed by atoms with van der Waals surface area (Å²) in [5.41, 5.74) is 6.15. The molecular weight excluding hydrogens is 413 g/mol. The fraction of sp³-hybridized carbons (Fsp3) is 0.346. The molecular formula is C26H25Cl2NO. The minimum atomic E-state index is -0.109. The van der Waals surface area contributed by atoms with Gasteiger partial charge in [0.05, 0.1) is 5.02 Å². The van der Waals surface area contributed by atoms with Crippen LogP contribution in [0.2, 0.25) is 10.0 Å². The molecule has 4 heteroatoms. The van der Waals surface area contributed by atoms with E-state index in [1.807, 2.05) is 24.5 Å². The van der Waals surface area contributed by atoms with Crippen LogP contribution in [0.25, 0.3) is 11.1 Å². The molecule has 1 atom stereocenters. The molecule has 1 spiro atoms. The molecule has 2 heterocycles. The molecule has 2 aromatic carbocycles. The van der Waals surface area contributed by atoms with Crippen LogP contribution in [0.15, 0.2) is 54.9 Å². The number of halogens is 2. The van der Waals surface area contributed by atoms with Crippen LogP contribution >= 0.6 is 23.2 Å². The average Bonchev–Trinajstić information content (AvgIpc) is 2.73. The van der Waals surface area contributed by atoms with Crippen molar-refractivity contribution < 1.29 is 4.74 Å². The molecule has 1 aliphatic heterocycles. The number of hydrogen-bond acceptors (Lipinski definition) is 2. The van der Waals surface area contributed by atoms with Crippen LogP contribution in [0.3, 0.4) is 0 Å². The van der Waals surface area contributed by atoms with Crippen molar-refractivity contribution in [2.24, 2.45) is 0 Å². The van der Waals surface area contributed by atoms with Gasteiger partial charge in [-0.15, -0.1) is 0 Å². The van der Waals surface area contributed by atoms with E-state index in [1.165, 1.54) is 28.7 Å². The first kappa shape index (κ1) is 19.9. The number of rotatable bonds is 4. The fourth-order valence-electron chi connectivity index (χ4n) is 5.09. The molecule has 0 N–H and O–H groups in total. The maximum Gasteiger partial charge on any atom is 0.142 e. The second-order valence-corrected chi connectivity index (χ2v) is 9.42. The molecule has 1 fully saturated rings. The van der Waals surface area contributed by atoms with Gasteiger partial charge < -0.3 is 4.74 Å². The Morgan fingerprint density at radius 2 is 1.97 bits per heavy atom. The Labute approximate surface area is 188 Å². The molecule has 1 aliphatic carbocycles. The zero-order valence-electron chi connectivity index (χ0n) is 17.1. The number of aromatic nitrogens is 1. The van der Waals surface area contributed by atoms with Crippen molar-refractivity contribution in [1.29, 1.82) is 0 Å². The van der Waals surface area contributed by atoms with Crippen LogP contribution in [-0.2, 0) is 6.42 Å². The van der Waals surface area contributed by atoms with Crippen LogP contribution in [0.1, 0.15) is 61.6 Å². The monoisotopic (exact) mass is 437 g/mol. The van der Waals surface area contributed by atoms with Gasteiger partial charge in [0.25, 0.3) is 0 Å².